The van der Waals surface area contributed by atoms with Crippen molar-refractivity contribution >= 4 is 12.0 Å². The number of carbonyl (C=O) groups is 2. The Morgan fingerprint density at radius 1 is 1.35 bits per heavy atom. The Morgan fingerprint density at radius 3 is 2.35 bits per heavy atom. The molecule has 0 bridgehead atoms. The summed E-state index contributed by atoms with van der Waals surface area (Å²) in [5, 5.41) is 14.7. The molecular formula is C14H26N2O4. The molecule has 20 heavy (non-hydrogen) atoms. The average molecular weight is 286 g/mol. The van der Waals surface area contributed by atoms with Gasteiger partial charge in [-0.2, -0.15) is 0 Å². The van der Waals surface area contributed by atoms with Crippen LogP contribution < -0.4 is 10.6 Å². The first-order valence-corrected chi connectivity index (χ1v) is 7.05. The standard InChI is InChI=1S/C14H26N2O4/c1-10-5-7-14(8-6-10,11(17)18)16-12(19)15-9-13(2,3)20-4/h10H,5-9H2,1-4H3,(H,17,18)(H2,15,16,19). The Hall–Kier alpha value is -1.30. The summed E-state index contributed by atoms with van der Waals surface area (Å²) in [7, 11) is 1.57. The topological polar surface area (TPSA) is 87.7 Å². The fourth-order valence-electron chi connectivity index (χ4n) is 2.27. The van der Waals surface area contributed by atoms with Gasteiger partial charge < -0.3 is 20.5 Å². The Morgan fingerprint density at radius 2 is 1.90 bits per heavy atom. The van der Waals surface area contributed by atoms with Crippen molar-refractivity contribution in [3.63, 3.8) is 0 Å². The van der Waals surface area contributed by atoms with Gasteiger partial charge in [-0.05, 0) is 45.4 Å². The monoisotopic (exact) mass is 286 g/mol. The summed E-state index contributed by atoms with van der Waals surface area (Å²) in [6, 6.07) is -0.452. The number of rotatable bonds is 5. The van der Waals surface area contributed by atoms with Crippen LogP contribution >= 0.6 is 0 Å². The smallest absolute Gasteiger partial charge is 0.329 e. The van der Waals surface area contributed by atoms with E-state index in [9.17, 15) is 14.7 Å². The SMILES string of the molecule is COC(C)(C)CNC(=O)NC1(C(=O)O)CCC(C)CC1. The minimum Gasteiger partial charge on any atom is -0.480 e. The molecule has 3 N–H and O–H groups in total. The van der Waals surface area contributed by atoms with E-state index in [1.165, 1.54) is 0 Å². The van der Waals surface area contributed by atoms with Gasteiger partial charge in [-0.25, -0.2) is 9.59 Å². The first-order chi connectivity index (χ1) is 9.21. The van der Waals surface area contributed by atoms with E-state index in [1.54, 1.807) is 7.11 Å². The number of carboxylic acids is 1. The number of carbonyl (C=O) groups excluding carboxylic acids is 1. The van der Waals surface area contributed by atoms with Crippen molar-refractivity contribution in [3.8, 4) is 0 Å². The molecule has 0 aromatic rings. The summed E-state index contributed by atoms with van der Waals surface area (Å²) in [4.78, 5) is 23.4. The quantitative estimate of drug-likeness (QED) is 0.718. The maximum Gasteiger partial charge on any atom is 0.329 e. The summed E-state index contributed by atoms with van der Waals surface area (Å²) in [5.41, 5.74) is -1.61. The van der Waals surface area contributed by atoms with Gasteiger partial charge in [0.2, 0.25) is 0 Å². The van der Waals surface area contributed by atoms with Crippen LogP contribution in [-0.2, 0) is 9.53 Å². The lowest BCUT2D eigenvalue weighted by atomic mass is 9.77. The van der Waals surface area contributed by atoms with Gasteiger partial charge in [-0.1, -0.05) is 6.92 Å². The molecular weight excluding hydrogens is 260 g/mol. The number of carboxylic acid groups (broad SMARTS) is 1. The van der Waals surface area contributed by atoms with E-state index >= 15 is 0 Å². The predicted molar refractivity (Wildman–Crippen MR) is 75.6 cm³/mol. The van der Waals surface area contributed by atoms with E-state index in [0.717, 1.165) is 12.8 Å². The van der Waals surface area contributed by atoms with E-state index < -0.39 is 23.1 Å². The molecule has 0 aliphatic heterocycles. The highest BCUT2D eigenvalue weighted by atomic mass is 16.5. The highest BCUT2D eigenvalue weighted by molar-refractivity contribution is 5.86. The van der Waals surface area contributed by atoms with Gasteiger partial charge in [-0.3, -0.25) is 0 Å². The molecule has 116 valence electrons. The number of methoxy groups -OCH3 is 1. The van der Waals surface area contributed by atoms with Crippen molar-refractivity contribution in [3.05, 3.63) is 0 Å². The number of urea groups is 1. The third-order valence-electron chi connectivity index (χ3n) is 4.12. The number of nitrogens with one attached hydrogen (secondary N) is 2. The normalized spacial score (nSPS) is 26.9. The van der Waals surface area contributed by atoms with Crippen LogP contribution in [0.2, 0.25) is 0 Å². The molecule has 0 aromatic heterocycles. The highest BCUT2D eigenvalue weighted by Gasteiger charge is 2.42. The minimum atomic E-state index is -1.13. The van der Waals surface area contributed by atoms with Crippen LogP contribution in [-0.4, -0.2) is 41.9 Å². The Bertz CT molecular complexity index is 360. The van der Waals surface area contributed by atoms with Gasteiger partial charge in [0.25, 0.3) is 0 Å². The second-order valence-corrected chi connectivity index (χ2v) is 6.34. The Labute approximate surface area is 120 Å². The van der Waals surface area contributed by atoms with Gasteiger partial charge in [0.1, 0.15) is 5.54 Å². The van der Waals surface area contributed by atoms with E-state index in [0.29, 0.717) is 25.3 Å². The molecule has 0 radical (unpaired) electrons. The largest absolute Gasteiger partial charge is 0.480 e. The van der Waals surface area contributed by atoms with Crippen LogP contribution in [0.15, 0.2) is 0 Å². The van der Waals surface area contributed by atoms with Gasteiger partial charge in [-0.15, -0.1) is 0 Å². The molecule has 0 unspecified atom stereocenters. The Kier molecular flexibility index (Phi) is 5.39. The van der Waals surface area contributed by atoms with Crippen molar-refractivity contribution < 1.29 is 19.4 Å². The van der Waals surface area contributed by atoms with E-state index in [-0.39, 0.29) is 0 Å². The van der Waals surface area contributed by atoms with Crippen LogP contribution in [0.1, 0.15) is 46.5 Å². The molecule has 6 nitrogen and oxygen atoms in total. The predicted octanol–water partition coefficient (Wildman–Crippen LogP) is 1.74. The van der Waals surface area contributed by atoms with Gasteiger partial charge in [0.15, 0.2) is 0 Å². The van der Waals surface area contributed by atoms with Crippen molar-refractivity contribution in [2.45, 2.75) is 57.6 Å². The fraction of sp³-hybridized carbons (Fsp3) is 0.857. The van der Waals surface area contributed by atoms with Gasteiger partial charge in [0, 0.05) is 13.7 Å². The summed E-state index contributed by atoms with van der Waals surface area (Å²) >= 11 is 0. The third kappa shape index (κ3) is 4.37. The maximum atomic E-state index is 11.9. The fourth-order valence-corrected chi connectivity index (χ4v) is 2.27. The molecule has 0 atom stereocenters. The molecule has 1 fully saturated rings. The maximum absolute atomic E-state index is 11.9. The summed E-state index contributed by atoms with van der Waals surface area (Å²) < 4.78 is 5.21. The van der Waals surface area contributed by atoms with Crippen LogP contribution in [0, 0.1) is 5.92 Å². The van der Waals surface area contributed by atoms with Crippen molar-refractivity contribution in [2.75, 3.05) is 13.7 Å². The Balaban J connectivity index is 2.59. The number of hydrogen-bond acceptors (Lipinski definition) is 3. The zero-order chi connectivity index (χ0) is 15.4. The lowest BCUT2D eigenvalue weighted by molar-refractivity contribution is -0.146. The summed E-state index contributed by atoms with van der Waals surface area (Å²) in [6.45, 7) is 6.12. The molecule has 0 aromatic carbocycles. The zero-order valence-electron chi connectivity index (χ0n) is 12.8. The molecule has 6 heteroatoms. The number of amides is 2. The minimum absolute atomic E-state index is 0.321. The molecule has 1 rings (SSSR count). The van der Waals surface area contributed by atoms with Crippen molar-refractivity contribution in [1.29, 1.82) is 0 Å². The van der Waals surface area contributed by atoms with E-state index in [4.69, 9.17) is 4.74 Å². The molecule has 1 aliphatic rings. The highest BCUT2D eigenvalue weighted by Crippen LogP contribution is 2.32. The molecule has 2 amide bonds. The number of aliphatic carboxylic acids is 1. The zero-order valence-corrected chi connectivity index (χ0v) is 12.8. The molecule has 0 saturated heterocycles. The molecule has 0 spiro atoms. The number of hydrogen-bond donors (Lipinski definition) is 3. The lowest BCUT2D eigenvalue weighted by Crippen LogP contribution is -2.59. The van der Waals surface area contributed by atoms with Gasteiger partial charge in [0.05, 0.1) is 5.60 Å². The second-order valence-electron chi connectivity index (χ2n) is 6.34. The van der Waals surface area contributed by atoms with Gasteiger partial charge >= 0.3 is 12.0 Å². The van der Waals surface area contributed by atoms with E-state index in [2.05, 4.69) is 17.6 Å². The lowest BCUT2D eigenvalue weighted by Gasteiger charge is -2.36. The number of ether oxygens (including phenoxy) is 1. The summed E-state index contributed by atoms with van der Waals surface area (Å²) in [5.74, 6) is -0.440. The third-order valence-corrected chi connectivity index (χ3v) is 4.12. The molecule has 0 heterocycles. The van der Waals surface area contributed by atoms with E-state index in [1.807, 2.05) is 13.8 Å². The van der Waals surface area contributed by atoms with Crippen LogP contribution in [0.4, 0.5) is 4.79 Å². The van der Waals surface area contributed by atoms with Crippen molar-refractivity contribution in [1.82, 2.24) is 10.6 Å². The first kappa shape index (κ1) is 16.8. The van der Waals surface area contributed by atoms with Crippen molar-refractivity contribution in [2.24, 2.45) is 5.92 Å². The molecule has 1 aliphatic carbocycles. The van der Waals surface area contributed by atoms with Crippen LogP contribution in [0.3, 0.4) is 0 Å². The van der Waals surface area contributed by atoms with Crippen LogP contribution in [0.5, 0.6) is 0 Å². The molecule has 1 saturated carbocycles. The second kappa shape index (κ2) is 6.43. The first-order valence-electron chi connectivity index (χ1n) is 7.05. The van der Waals surface area contributed by atoms with Crippen LogP contribution in [0.25, 0.3) is 0 Å². The average Bonchev–Trinajstić information content (AvgIpc) is 2.39. The summed E-state index contributed by atoms with van der Waals surface area (Å²) in [6.07, 6.45) is 2.58.